The molecule has 102 valence electrons. The summed E-state index contributed by atoms with van der Waals surface area (Å²) in [5.41, 5.74) is 2.61. The van der Waals surface area contributed by atoms with Gasteiger partial charge < -0.3 is 4.74 Å². The number of aldehydes is 1. The highest BCUT2D eigenvalue weighted by Crippen LogP contribution is 2.35. The van der Waals surface area contributed by atoms with Gasteiger partial charge in [-0.25, -0.2) is 0 Å². The molecule has 0 spiro atoms. The minimum absolute atomic E-state index is 0.0918. The van der Waals surface area contributed by atoms with Crippen molar-refractivity contribution in [2.45, 2.75) is 32.6 Å². The van der Waals surface area contributed by atoms with E-state index in [2.05, 4.69) is 33.9 Å². The first kappa shape index (κ1) is 15.2. The predicted octanol–water partition coefficient (Wildman–Crippen LogP) is 4.09. The number of hydrogen-bond donors (Lipinski definition) is 0. The molecule has 0 aromatic heterocycles. The van der Waals surface area contributed by atoms with E-state index in [1.807, 2.05) is 18.2 Å². The Balaban J connectivity index is 3.45. The van der Waals surface area contributed by atoms with Gasteiger partial charge in [0.05, 0.1) is 0 Å². The van der Waals surface area contributed by atoms with Crippen molar-refractivity contribution in [3.8, 4) is 5.75 Å². The molecule has 0 unspecified atom stereocenters. The Hall–Kier alpha value is -1.83. The highest BCUT2D eigenvalue weighted by molar-refractivity contribution is 5.77. The molecule has 0 amide bonds. The maximum atomic E-state index is 11.1. The molecule has 0 heterocycles. The zero-order valence-electron chi connectivity index (χ0n) is 12.0. The molecule has 0 radical (unpaired) electrons. The molecule has 19 heavy (non-hydrogen) atoms. The van der Waals surface area contributed by atoms with Gasteiger partial charge in [0.25, 0.3) is 0 Å². The van der Waals surface area contributed by atoms with E-state index in [9.17, 15) is 4.79 Å². The standard InChI is InChI=1S/C17H22O2/c1-6-8-14-10-13(12-18)11-15(17(3,4)5)16(14)19-9-7-2/h6-7,10-12H,1-2,8-9H2,3-5H3. The fourth-order valence-corrected chi connectivity index (χ4v) is 1.96. The first-order chi connectivity index (χ1) is 8.93. The van der Waals surface area contributed by atoms with E-state index in [0.29, 0.717) is 18.6 Å². The summed E-state index contributed by atoms with van der Waals surface area (Å²) in [7, 11) is 0. The molecule has 0 atom stereocenters. The van der Waals surface area contributed by atoms with Crippen LogP contribution in [-0.2, 0) is 11.8 Å². The monoisotopic (exact) mass is 258 g/mol. The summed E-state index contributed by atoms with van der Waals surface area (Å²) < 4.78 is 5.81. The highest BCUT2D eigenvalue weighted by Gasteiger charge is 2.22. The molecule has 2 heteroatoms. The van der Waals surface area contributed by atoms with Gasteiger partial charge in [-0.1, -0.05) is 39.5 Å². The molecule has 0 saturated carbocycles. The topological polar surface area (TPSA) is 26.3 Å². The Morgan fingerprint density at radius 3 is 2.37 bits per heavy atom. The maximum Gasteiger partial charge on any atom is 0.150 e. The van der Waals surface area contributed by atoms with Gasteiger partial charge in [-0.05, 0) is 29.5 Å². The third kappa shape index (κ3) is 3.82. The third-order valence-corrected chi connectivity index (χ3v) is 2.84. The van der Waals surface area contributed by atoms with Crippen molar-refractivity contribution >= 4 is 6.29 Å². The van der Waals surface area contributed by atoms with Gasteiger partial charge in [0, 0.05) is 11.1 Å². The minimum Gasteiger partial charge on any atom is -0.489 e. The Morgan fingerprint density at radius 2 is 1.89 bits per heavy atom. The predicted molar refractivity (Wildman–Crippen MR) is 80.1 cm³/mol. The highest BCUT2D eigenvalue weighted by atomic mass is 16.5. The van der Waals surface area contributed by atoms with Crippen LogP contribution in [0.4, 0.5) is 0 Å². The third-order valence-electron chi connectivity index (χ3n) is 2.84. The Bertz CT molecular complexity index is 479. The molecule has 1 aromatic rings. The molecular weight excluding hydrogens is 236 g/mol. The lowest BCUT2D eigenvalue weighted by molar-refractivity contribution is 0.112. The van der Waals surface area contributed by atoms with Crippen LogP contribution in [0.25, 0.3) is 0 Å². The quantitative estimate of drug-likeness (QED) is 0.567. The van der Waals surface area contributed by atoms with Gasteiger partial charge >= 0.3 is 0 Å². The fourth-order valence-electron chi connectivity index (χ4n) is 1.96. The van der Waals surface area contributed by atoms with Crippen molar-refractivity contribution in [3.63, 3.8) is 0 Å². The second kappa shape index (κ2) is 6.37. The molecule has 2 nitrogen and oxygen atoms in total. The van der Waals surface area contributed by atoms with Gasteiger partial charge in [0.2, 0.25) is 0 Å². The summed E-state index contributed by atoms with van der Waals surface area (Å²) in [5, 5.41) is 0. The normalized spacial score (nSPS) is 10.9. The lowest BCUT2D eigenvalue weighted by Gasteiger charge is -2.25. The molecule has 0 aliphatic heterocycles. The van der Waals surface area contributed by atoms with Crippen LogP contribution >= 0.6 is 0 Å². The second-order valence-corrected chi connectivity index (χ2v) is 5.52. The first-order valence-corrected chi connectivity index (χ1v) is 6.41. The van der Waals surface area contributed by atoms with Crippen LogP contribution in [0.1, 0.15) is 42.3 Å². The number of benzene rings is 1. The Morgan fingerprint density at radius 1 is 1.21 bits per heavy atom. The van der Waals surface area contributed by atoms with Crippen molar-refractivity contribution in [2.75, 3.05) is 6.61 Å². The van der Waals surface area contributed by atoms with Crippen molar-refractivity contribution in [1.82, 2.24) is 0 Å². The second-order valence-electron chi connectivity index (χ2n) is 5.52. The lowest BCUT2D eigenvalue weighted by atomic mass is 9.83. The molecule has 0 saturated heterocycles. The SMILES string of the molecule is C=CCOc1c(CC=C)cc(C=O)cc1C(C)(C)C. The van der Waals surface area contributed by atoms with Gasteiger partial charge in [0.1, 0.15) is 18.6 Å². The van der Waals surface area contributed by atoms with Crippen LogP contribution in [0.5, 0.6) is 5.75 Å². The molecule has 0 fully saturated rings. The number of carbonyl (C=O) groups is 1. The first-order valence-electron chi connectivity index (χ1n) is 6.41. The number of hydrogen-bond acceptors (Lipinski definition) is 2. The molecule has 0 aliphatic rings. The molecule has 1 rings (SSSR count). The number of allylic oxidation sites excluding steroid dienone is 1. The van der Waals surface area contributed by atoms with Crippen molar-refractivity contribution in [1.29, 1.82) is 0 Å². The van der Waals surface area contributed by atoms with Crippen molar-refractivity contribution in [3.05, 3.63) is 54.1 Å². The maximum absolute atomic E-state index is 11.1. The van der Waals surface area contributed by atoms with E-state index in [1.54, 1.807) is 6.08 Å². The van der Waals surface area contributed by atoms with E-state index in [-0.39, 0.29) is 5.41 Å². The molecule has 0 N–H and O–H groups in total. The minimum atomic E-state index is -0.0918. The number of rotatable bonds is 6. The molecule has 0 aliphatic carbocycles. The summed E-state index contributed by atoms with van der Waals surface area (Å²) in [6.45, 7) is 14.2. The van der Waals surface area contributed by atoms with E-state index in [0.717, 1.165) is 23.2 Å². The summed E-state index contributed by atoms with van der Waals surface area (Å²) >= 11 is 0. The van der Waals surface area contributed by atoms with Crippen LogP contribution in [0.2, 0.25) is 0 Å². The Labute approximate surface area is 115 Å². The van der Waals surface area contributed by atoms with Gasteiger partial charge in [-0.15, -0.1) is 6.58 Å². The summed E-state index contributed by atoms with van der Waals surface area (Å²) in [6.07, 6.45) is 5.09. The van der Waals surface area contributed by atoms with Crippen LogP contribution in [0.15, 0.2) is 37.4 Å². The van der Waals surface area contributed by atoms with Gasteiger partial charge in [0.15, 0.2) is 0 Å². The van der Waals surface area contributed by atoms with Gasteiger partial charge in [-0.3, -0.25) is 4.79 Å². The van der Waals surface area contributed by atoms with E-state index < -0.39 is 0 Å². The average molecular weight is 258 g/mol. The largest absolute Gasteiger partial charge is 0.489 e. The average Bonchev–Trinajstić information content (AvgIpc) is 2.35. The fraction of sp³-hybridized carbons (Fsp3) is 0.353. The molecule has 0 bridgehead atoms. The van der Waals surface area contributed by atoms with Crippen molar-refractivity contribution in [2.24, 2.45) is 0 Å². The van der Waals surface area contributed by atoms with Crippen LogP contribution in [0.3, 0.4) is 0 Å². The lowest BCUT2D eigenvalue weighted by Crippen LogP contribution is -2.15. The Kier molecular flexibility index (Phi) is 5.11. The zero-order valence-corrected chi connectivity index (χ0v) is 12.0. The molecule has 1 aromatic carbocycles. The van der Waals surface area contributed by atoms with E-state index in [1.165, 1.54) is 0 Å². The smallest absolute Gasteiger partial charge is 0.150 e. The summed E-state index contributed by atoms with van der Waals surface area (Å²) in [5.74, 6) is 0.845. The summed E-state index contributed by atoms with van der Waals surface area (Å²) in [4.78, 5) is 11.1. The van der Waals surface area contributed by atoms with Crippen LogP contribution in [-0.4, -0.2) is 12.9 Å². The van der Waals surface area contributed by atoms with E-state index >= 15 is 0 Å². The van der Waals surface area contributed by atoms with E-state index in [4.69, 9.17) is 4.74 Å². The van der Waals surface area contributed by atoms with Crippen LogP contribution in [0, 0.1) is 0 Å². The number of carbonyl (C=O) groups excluding carboxylic acids is 1. The molecular formula is C17H22O2. The van der Waals surface area contributed by atoms with Gasteiger partial charge in [-0.2, -0.15) is 0 Å². The number of ether oxygens (including phenoxy) is 1. The zero-order chi connectivity index (χ0) is 14.5. The summed E-state index contributed by atoms with van der Waals surface area (Å²) in [6, 6.07) is 3.76. The van der Waals surface area contributed by atoms with Crippen molar-refractivity contribution < 1.29 is 9.53 Å². The van der Waals surface area contributed by atoms with Crippen LogP contribution < -0.4 is 4.74 Å².